The molecular weight excluding hydrogens is 312 g/mol. The number of aliphatic imine (C=N–C) groups is 1. The number of nitrogens with one attached hydrogen (secondary N) is 1. The standard InChI is InChI=1S/C19H32N6/c1-17-7-4-6-11-23(17)12-10-22-19(20-2)25-15-13-24(14-16-25)18-8-3-5-9-21-18/h3,5,8-9,17H,4,6-7,10-16H2,1-2H3,(H,20,22). The second kappa shape index (κ2) is 9.04. The number of aromatic nitrogens is 1. The second-order valence-electron chi connectivity index (χ2n) is 7.02. The van der Waals surface area contributed by atoms with Crippen LogP contribution in [0.3, 0.4) is 0 Å². The largest absolute Gasteiger partial charge is 0.355 e. The molecule has 1 aromatic heterocycles. The van der Waals surface area contributed by atoms with E-state index in [1.54, 1.807) is 0 Å². The van der Waals surface area contributed by atoms with E-state index >= 15 is 0 Å². The van der Waals surface area contributed by atoms with Crippen LogP contribution in [-0.2, 0) is 0 Å². The highest BCUT2D eigenvalue weighted by Gasteiger charge is 2.21. The second-order valence-corrected chi connectivity index (χ2v) is 7.02. The van der Waals surface area contributed by atoms with Crippen LogP contribution in [0.4, 0.5) is 5.82 Å². The van der Waals surface area contributed by atoms with E-state index in [1.165, 1.54) is 25.8 Å². The van der Waals surface area contributed by atoms with Gasteiger partial charge in [0.1, 0.15) is 5.82 Å². The van der Waals surface area contributed by atoms with E-state index in [9.17, 15) is 0 Å². The Hall–Kier alpha value is -1.82. The number of pyridine rings is 1. The molecule has 0 amide bonds. The summed E-state index contributed by atoms with van der Waals surface area (Å²) < 4.78 is 0. The van der Waals surface area contributed by atoms with E-state index in [0.29, 0.717) is 0 Å². The van der Waals surface area contributed by atoms with Gasteiger partial charge in [0, 0.05) is 58.6 Å². The molecule has 3 heterocycles. The Bertz CT molecular complexity index is 538. The van der Waals surface area contributed by atoms with Gasteiger partial charge in [-0.2, -0.15) is 0 Å². The van der Waals surface area contributed by atoms with Crippen LogP contribution in [0.15, 0.2) is 29.4 Å². The summed E-state index contributed by atoms with van der Waals surface area (Å²) in [5.74, 6) is 2.11. The minimum atomic E-state index is 0.722. The van der Waals surface area contributed by atoms with Gasteiger partial charge < -0.3 is 15.1 Å². The summed E-state index contributed by atoms with van der Waals surface area (Å²) in [6.45, 7) is 9.61. The number of guanidine groups is 1. The molecule has 0 radical (unpaired) electrons. The zero-order chi connectivity index (χ0) is 17.5. The molecule has 0 spiro atoms. The molecule has 6 nitrogen and oxygen atoms in total. The summed E-state index contributed by atoms with van der Waals surface area (Å²) in [5, 5.41) is 3.56. The third-order valence-electron chi connectivity index (χ3n) is 5.39. The van der Waals surface area contributed by atoms with Crippen molar-refractivity contribution in [3.05, 3.63) is 24.4 Å². The van der Waals surface area contributed by atoms with Crippen molar-refractivity contribution in [2.45, 2.75) is 32.2 Å². The van der Waals surface area contributed by atoms with Crippen molar-refractivity contribution >= 4 is 11.8 Å². The number of rotatable bonds is 4. The zero-order valence-electron chi connectivity index (χ0n) is 15.7. The highest BCUT2D eigenvalue weighted by atomic mass is 15.4. The number of piperidine rings is 1. The molecule has 2 saturated heterocycles. The Morgan fingerprint density at radius 1 is 1.20 bits per heavy atom. The number of anilines is 1. The average molecular weight is 345 g/mol. The highest BCUT2D eigenvalue weighted by molar-refractivity contribution is 5.80. The number of piperazine rings is 1. The van der Waals surface area contributed by atoms with Gasteiger partial charge in [0.15, 0.2) is 5.96 Å². The predicted octanol–water partition coefficient (Wildman–Crippen LogP) is 1.65. The first-order valence-corrected chi connectivity index (χ1v) is 9.63. The smallest absolute Gasteiger partial charge is 0.193 e. The lowest BCUT2D eigenvalue weighted by Gasteiger charge is -2.37. The van der Waals surface area contributed by atoms with Crippen molar-refractivity contribution in [1.82, 2.24) is 20.1 Å². The van der Waals surface area contributed by atoms with Crippen LogP contribution >= 0.6 is 0 Å². The maximum atomic E-state index is 4.49. The van der Waals surface area contributed by atoms with Crippen molar-refractivity contribution in [2.24, 2.45) is 4.99 Å². The first kappa shape index (κ1) is 18.0. The lowest BCUT2D eigenvalue weighted by atomic mass is 10.0. The van der Waals surface area contributed by atoms with Gasteiger partial charge in [-0.3, -0.25) is 9.89 Å². The number of hydrogen-bond donors (Lipinski definition) is 1. The Kier molecular flexibility index (Phi) is 6.50. The van der Waals surface area contributed by atoms with Crippen molar-refractivity contribution in [2.75, 3.05) is 57.8 Å². The Labute approximate surface area is 151 Å². The molecule has 0 saturated carbocycles. The normalized spacial score (nSPS) is 23.0. The fraction of sp³-hybridized carbons (Fsp3) is 0.684. The molecule has 1 atom stereocenters. The van der Waals surface area contributed by atoms with Gasteiger partial charge in [0.25, 0.3) is 0 Å². The maximum Gasteiger partial charge on any atom is 0.193 e. The van der Waals surface area contributed by atoms with Crippen molar-refractivity contribution in [3.63, 3.8) is 0 Å². The van der Waals surface area contributed by atoms with E-state index in [-0.39, 0.29) is 0 Å². The molecule has 1 aromatic rings. The van der Waals surface area contributed by atoms with Crippen LogP contribution in [0, 0.1) is 0 Å². The highest BCUT2D eigenvalue weighted by Crippen LogP contribution is 2.15. The molecule has 2 aliphatic rings. The summed E-state index contributed by atoms with van der Waals surface area (Å²) >= 11 is 0. The lowest BCUT2D eigenvalue weighted by Crippen LogP contribution is -2.53. The van der Waals surface area contributed by atoms with Crippen LogP contribution in [-0.4, -0.2) is 79.6 Å². The number of hydrogen-bond acceptors (Lipinski definition) is 4. The van der Waals surface area contributed by atoms with Crippen LogP contribution in [0.25, 0.3) is 0 Å². The Morgan fingerprint density at radius 2 is 2.04 bits per heavy atom. The molecular formula is C19H32N6. The molecule has 0 aromatic carbocycles. The van der Waals surface area contributed by atoms with E-state index in [4.69, 9.17) is 0 Å². The summed E-state index contributed by atoms with van der Waals surface area (Å²) in [5.41, 5.74) is 0. The monoisotopic (exact) mass is 344 g/mol. The fourth-order valence-electron chi connectivity index (χ4n) is 3.82. The third-order valence-corrected chi connectivity index (χ3v) is 5.39. The van der Waals surface area contributed by atoms with Crippen LogP contribution in [0.1, 0.15) is 26.2 Å². The van der Waals surface area contributed by atoms with Gasteiger partial charge >= 0.3 is 0 Å². The van der Waals surface area contributed by atoms with Crippen molar-refractivity contribution < 1.29 is 0 Å². The summed E-state index contributed by atoms with van der Waals surface area (Å²) in [4.78, 5) is 16.3. The molecule has 0 bridgehead atoms. The van der Waals surface area contributed by atoms with Crippen LogP contribution in [0.5, 0.6) is 0 Å². The summed E-state index contributed by atoms with van der Waals surface area (Å²) in [6.07, 6.45) is 5.93. The minimum absolute atomic E-state index is 0.722. The zero-order valence-corrected chi connectivity index (χ0v) is 15.7. The van der Waals surface area contributed by atoms with E-state index in [0.717, 1.165) is 57.1 Å². The fourth-order valence-corrected chi connectivity index (χ4v) is 3.82. The molecule has 6 heteroatoms. The quantitative estimate of drug-likeness (QED) is 0.665. The number of nitrogens with zero attached hydrogens (tertiary/aromatic N) is 5. The molecule has 3 rings (SSSR count). The van der Waals surface area contributed by atoms with Crippen LogP contribution < -0.4 is 10.2 Å². The van der Waals surface area contributed by atoms with Gasteiger partial charge in [-0.05, 0) is 38.4 Å². The third kappa shape index (κ3) is 4.84. The molecule has 138 valence electrons. The predicted molar refractivity (Wildman–Crippen MR) is 104 cm³/mol. The lowest BCUT2D eigenvalue weighted by molar-refractivity contribution is 0.163. The molecule has 1 unspecified atom stereocenters. The maximum absolute atomic E-state index is 4.49. The van der Waals surface area contributed by atoms with Crippen molar-refractivity contribution in [3.8, 4) is 0 Å². The Balaban J connectivity index is 1.43. The first-order chi connectivity index (χ1) is 12.3. The van der Waals surface area contributed by atoms with E-state index < -0.39 is 0 Å². The first-order valence-electron chi connectivity index (χ1n) is 9.63. The summed E-state index contributed by atoms with van der Waals surface area (Å²) in [6, 6.07) is 6.83. The minimum Gasteiger partial charge on any atom is -0.355 e. The topological polar surface area (TPSA) is 47.0 Å². The average Bonchev–Trinajstić information content (AvgIpc) is 2.67. The molecule has 2 fully saturated rings. The van der Waals surface area contributed by atoms with Gasteiger partial charge in [-0.1, -0.05) is 12.5 Å². The SMILES string of the molecule is CN=C(NCCN1CCCCC1C)N1CCN(c2ccccn2)CC1. The van der Waals surface area contributed by atoms with E-state index in [2.05, 4.69) is 49.0 Å². The van der Waals surface area contributed by atoms with Gasteiger partial charge in [0.05, 0.1) is 0 Å². The molecule has 1 N–H and O–H groups in total. The molecule has 2 aliphatic heterocycles. The number of likely N-dealkylation sites (tertiary alicyclic amines) is 1. The van der Waals surface area contributed by atoms with Crippen LogP contribution in [0.2, 0.25) is 0 Å². The van der Waals surface area contributed by atoms with Crippen molar-refractivity contribution in [1.29, 1.82) is 0 Å². The van der Waals surface area contributed by atoms with E-state index in [1.807, 2.05) is 19.3 Å². The van der Waals surface area contributed by atoms with Gasteiger partial charge in [-0.25, -0.2) is 4.98 Å². The Morgan fingerprint density at radius 3 is 2.72 bits per heavy atom. The van der Waals surface area contributed by atoms with Gasteiger partial charge in [-0.15, -0.1) is 0 Å². The van der Waals surface area contributed by atoms with Gasteiger partial charge in [0.2, 0.25) is 0 Å². The molecule has 0 aliphatic carbocycles. The summed E-state index contributed by atoms with van der Waals surface area (Å²) in [7, 11) is 1.89. The molecule has 25 heavy (non-hydrogen) atoms.